The van der Waals surface area contributed by atoms with Crippen LogP contribution in [0.2, 0.25) is 0 Å². The molecule has 1 aliphatic heterocycles. The second-order valence-corrected chi connectivity index (χ2v) is 5.88. The lowest BCUT2D eigenvalue weighted by Crippen LogP contribution is -2.52. The van der Waals surface area contributed by atoms with Crippen LogP contribution in [-0.4, -0.2) is 61.1 Å². The molecule has 1 aliphatic rings. The van der Waals surface area contributed by atoms with Gasteiger partial charge in [0.2, 0.25) is 0 Å². The van der Waals surface area contributed by atoms with E-state index in [2.05, 4.69) is 34.2 Å². The third-order valence-corrected chi connectivity index (χ3v) is 4.31. The molecule has 3 rings (SSSR count). The number of benzene rings is 1. The van der Waals surface area contributed by atoms with Crippen molar-refractivity contribution in [2.45, 2.75) is 6.04 Å². The molecule has 0 radical (unpaired) electrons. The maximum absolute atomic E-state index is 6.02. The summed E-state index contributed by atoms with van der Waals surface area (Å²) in [7, 11) is 4.37. The molecular formula is C16H23N5. The van der Waals surface area contributed by atoms with Gasteiger partial charge in [0.15, 0.2) is 0 Å². The largest absolute Gasteiger partial charge is 0.398 e. The second kappa shape index (κ2) is 5.87. The summed E-state index contributed by atoms with van der Waals surface area (Å²) in [6.07, 6.45) is 1.81. The van der Waals surface area contributed by atoms with Crippen molar-refractivity contribution in [3.63, 3.8) is 0 Å². The second-order valence-electron chi connectivity index (χ2n) is 5.88. The number of rotatable bonds is 3. The number of nitrogens with zero attached hydrogens (tertiary/aromatic N) is 3. The Morgan fingerprint density at radius 2 is 2.14 bits per heavy atom. The fourth-order valence-corrected chi connectivity index (χ4v) is 2.89. The minimum atomic E-state index is 0.514. The Kier molecular flexibility index (Phi) is 3.94. The minimum Gasteiger partial charge on any atom is -0.398 e. The number of nitrogens with two attached hydrogens (primary N) is 1. The first-order valence-corrected chi connectivity index (χ1v) is 7.41. The molecule has 1 unspecified atom stereocenters. The highest BCUT2D eigenvalue weighted by molar-refractivity contribution is 5.98. The molecule has 1 fully saturated rings. The van der Waals surface area contributed by atoms with E-state index in [1.165, 1.54) is 0 Å². The number of nitrogen functional groups attached to an aromatic ring is 1. The molecule has 1 aromatic carbocycles. The van der Waals surface area contributed by atoms with Crippen LogP contribution in [0.3, 0.4) is 0 Å². The van der Waals surface area contributed by atoms with Crippen molar-refractivity contribution >= 4 is 22.3 Å². The molecule has 3 N–H and O–H groups in total. The highest BCUT2D eigenvalue weighted by atomic mass is 15.3. The Morgan fingerprint density at radius 1 is 1.29 bits per heavy atom. The normalized spacial score (nSPS) is 20.8. The lowest BCUT2D eigenvalue weighted by Gasteiger charge is -2.37. The highest BCUT2D eigenvalue weighted by Gasteiger charge is 2.21. The summed E-state index contributed by atoms with van der Waals surface area (Å²) in [5.41, 5.74) is 8.80. The Hall–Kier alpha value is -1.85. The zero-order valence-electron chi connectivity index (χ0n) is 12.7. The molecule has 1 saturated heterocycles. The van der Waals surface area contributed by atoms with E-state index in [4.69, 9.17) is 5.73 Å². The van der Waals surface area contributed by atoms with Gasteiger partial charge in [-0.25, -0.2) is 0 Å². The van der Waals surface area contributed by atoms with Gasteiger partial charge < -0.3 is 16.0 Å². The minimum absolute atomic E-state index is 0.514. The van der Waals surface area contributed by atoms with Crippen LogP contribution >= 0.6 is 0 Å². The van der Waals surface area contributed by atoms with Crippen molar-refractivity contribution in [2.75, 3.05) is 51.3 Å². The van der Waals surface area contributed by atoms with Gasteiger partial charge in [-0.1, -0.05) is 0 Å². The quantitative estimate of drug-likeness (QED) is 0.837. The highest BCUT2D eigenvalue weighted by Crippen LogP contribution is 2.26. The van der Waals surface area contributed by atoms with Crippen LogP contribution in [-0.2, 0) is 0 Å². The Balaban J connectivity index is 1.78. The van der Waals surface area contributed by atoms with Crippen LogP contribution in [0.4, 0.5) is 11.4 Å². The average molecular weight is 285 g/mol. The molecule has 1 aromatic heterocycles. The van der Waals surface area contributed by atoms with E-state index in [-0.39, 0.29) is 0 Å². The summed E-state index contributed by atoms with van der Waals surface area (Å²) in [6.45, 7) is 4.25. The summed E-state index contributed by atoms with van der Waals surface area (Å²) in [6, 6.07) is 8.43. The summed E-state index contributed by atoms with van der Waals surface area (Å²) < 4.78 is 0. The summed E-state index contributed by atoms with van der Waals surface area (Å²) in [4.78, 5) is 9.27. The summed E-state index contributed by atoms with van der Waals surface area (Å²) >= 11 is 0. The van der Waals surface area contributed by atoms with Gasteiger partial charge in [0, 0.05) is 49.5 Å². The number of hydrogen-bond acceptors (Lipinski definition) is 5. The average Bonchev–Trinajstić information content (AvgIpc) is 2.50. The number of piperazine rings is 1. The fourth-order valence-electron chi connectivity index (χ4n) is 2.89. The van der Waals surface area contributed by atoms with Crippen molar-refractivity contribution in [3.05, 3.63) is 30.5 Å². The maximum atomic E-state index is 6.02. The number of hydrogen-bond donors (Lipinski definition) is 2. The molecule has 5 nitrogen and oxygen atoms in total. The molecule has 0 saturated carbocycles. The predicted molar refractivity (Wildman–Crippen MR) is 88.6 cm³/mol. The van der Waals surface area contributed by atoms with Gasteiger partial charge in [-0.3, -0.25) is 9.88 Å². The number of fused-ring (bicyclic) bond motifs is 1. The lowest BCUT2D eigenvalue weighted by molar-refractivity contribution is 0.122. The molecular weight excluding hydrogens is 262 g/mol. The summed E-state index contributed by atoms with van der Waals surface area (Å²) in [5.74, 6) is 0. The van der Waals surface area contributed by atoms with Crippen LogP contribution in [0, 0.1) is 0 Å². The van der Waals surface area contributed by atoms with Gasteiger partial charge in [0.1, 0.15) is 0 Å². The Morgan fingerprint density at radius 3 is 3.00 bits per heavy atom. The predicted octanol–water partition coefficient (Wildman–Crippen LogP) is 1.47. The van der Waals surface area contributed by atoms with Crippen molar-refractivity contribution in [2.24, 2.45) is 0 Å². The number of nitrogens with one attached hydrogen (secondary N) is 1. The van der Waals surface area contributed by atoms with Crippen LogP contribution < -0.4 is 11.1 Å². The van der Waals surface area contributed by atoms with Gasteiger partial charge in [0.25, 0.3) is 0 Å². The van der Waals surface area contributed by atoms with Gasteiger partial charge in [0.05, 0.1) is 11.2 Å². The van der Waals surface area contributed by atoms with Crippen molar-refractivity contribution in [1.82, 2.24) is 14.8 Å². The third-order valence-electron chi connectivity index (χ3n) is 4.31. The SMILES string of the molecule is CN1CCN(C)C(CNc2ccc(N)c3cccnc23)C1. The van der Waals surface area contributed by atoms with Crippen LogP contribution in [0.1, 0.15) is 0 Å². The van der Waals surface area contributed by atoms with Gasteiger partial charge in [-0.05, 0) is 38.4 Å². The van der Waals surface area contributed by atoms with Crippen LogP contribution in [0.15, 0.2) is 30.5 Å². The molecule has 21 heavy (non-hydrogen) atoms. The van der Waals surface area contributed by atoms with Crippen molar-refractivity contribution in [1.29, 1.82) is 0 Å². The van der Waals surface area contributed by atoms with E-state index in [0.29, 0.717) is 6.04 Å². The lowest BCUT2D eigenvalue weighted by atomic mass is 10.1. The van der Waals surface area contributed by atoms with Crippen LogP contribution in [0.25, 0.3) is 10.9 Å². The van der Waals surface area contributed by atoms with E-state index in [0.717, 1.165) is 48.5 Å². The van der Waals surface area contributed by atoms with Gasteiger partial charge in [-0.15, -0.1) is 0 Å². The van der Waals surface area contributed by atoms with Crippen LogP contribution in [0.5, 0.6) is 0 Å². The molecule has 1 atom stereocenters. The van der Waals surface area contributed by atoms with Crippen molar-refractivity contribution in [3.8, 4) is 0 Å². The molecule has 0 bridgehead atoms. The molecule has 0 aliphatic carbocycles. The van der Waals surface area contributed by atoms with E-state index in [1.54, 1.807) is 0 Å². The first-order valence-electron chi connectivity index (χ1n) is 7.41. The standard InChI is InChI=1S/C16H23N5/c1-20-8-9-21(2)12(11-20)10-19-15-6-5-14(17)13-4-3-7-18-16(13)15/h3-7,12,19H,8-11,17H2,1-2H3. The first kappa shape index (κ1) is 14.1. The van der Waals surface area contributed by atoms with E-state index >= 15 is 0 Å². The van der Waals surface area contributed by atoms with E-state index in [1.807, 2.05) is 30.5 Å². The van der Waals surface area contributed by atoms with Crippen molar-refractivity contribution < 1.29 is 0 Å². The number of aromatic nitrogens is 1. The smallest absolute Gasteiger partial charge is 0.0953 e. The Bertz CT molecular complexity index is 627. The topological polar surface area (TPSA) is 57.4 Å². The third kappa shape index (κ3) is 2.94. The maximum Gasteiger partial charge on any atom is 0.0953 e. The van der Waals surface area contributed by atoms with Gasteiger partial charge >= 0.3 is 0 Å². The summed E-state index contributed by atoms with van der Waals surface area (Å²) in [5, 5.41) is 4.56. The zero-order chi connectivity index (χ0) is 14.8. The monoisotopic (exact) mass is 285 g/mol. The molecule has 0 amide bonds. The first-order chi connectivity index (χ1) is 10.1. The molecule has 5 heteroatoms. The zero-order valence-corrected chi connectivity index (χ0v) is 12.7. The van der Waals surface area contributed by atoms with Gasteiger partial charge in [-0.2, -0.15) is 0 Å². The molecule has 0 spiro atoms. The number of pyridine rings is 1. The Labute approximate surface area is 125 Å². The number of likely N-dealkylation sites (N-methyl/N-ethyl adjacent to an activating group) is 2. The van der Waals surface area contributed by atoms with E-state index in [9.17, 15) is 0 Å². The number of anilines is 2. The molecule has 2 aromatic rings. The molecule has 2 heterocycles. The fraction of sp³-hybridized carbons (Fsp3) is 0.438. The molecule has 112 valence electrons. The van der Waals surface area contributed by atoms with E-state index < -0.39 is 0 Å².